The number of hydrogen-bond acceptors (Lipinski definition) is 5. The topological polar surface area (TPSA) is 67.1 Å². The number of nitrogens with zero attached hydrogens (tertiary/aromatic N) is 3. The summed E-state index contributed by atoms with van der Waals surface area (Å²) in [6.07, 6.45) is 7.21. The first-order chi connectivity index (χ1) is 9.25. The van der Waals surface area contributed by atoms with Crippen LogP contribution in [0.3, 0.4) is 0 Å². The van der Waals surface area contributed by atoms with E-state index < -0.39 is 0 Å². The number of fused-ring (bicyclic) bond motifs is 1. The van der Waals surface area contributed by atoms with Gasteiger partial charge in [0.2, 0.25) is 5.95 Å². The number of anilines is 2. The van der Waals surface area contributed by atoms with Crippen molar-refractivity contribution in [3.05, 3.63) is 11.3 Å². The predicted molar refractivity (Wildman–Crippen MR) is 77.1 cm³/mol. The molecular weight excluding hydrogens is 238 g/mol. The Morgan fingerprint density at radius 3 is 2.95 bits per heavy atom. The second kappa shape index (κ2) is 5.33. The van der Waals surface area contributed by atoms with Crippen molar-refractivity contribution >= 4 is 11.8 Å². The average Bonchev–Trinajstić information content (AvgIpc) is 2.63. The van der Waals surface area contributed by atoms with E-state index in [-0.39, 0.29) is 0 Å². The van der Waals surface area contributed by atoms with Gasteiger partial charge in [0.15, 0.2) is 0 Å². The van der Waals surface area contributed by atoms with Crippen LogP contribution >= 0.6 is 0 Å². The normalized spacial score (nSPS) is 24.4. The fourth-order valence-electron chi connectivity index (χ4n) is 3.24. The largest absolute Gasteiger partial charge is 0.370 e. The van der Waals surface area contributed by atoms with Crippen molar-refractivity contribution in [1.29, 1.82) is 0 Å². The highest BCUT2D eigenvalue weighted by molar-refractivity contribution is 5.51. The third kappa shape index (κ3) is 2.52. The Labute approximate surface area is 114 Å². The van der Waals surface area contributed by atoms with E-state index in [0.29, 0.717) is 12.0 Å². The standard InChI is InChI=1S/C14H23N5/c1-19-9-5-3-7-11(19)12-10-6-2-4-8-16-13(10)18-14(15)17-12/h11H,2-9H2,1H3,(H3,15,16,17,18). The zero-order valence-corrected chi connectivity index (χ0v) is 11.7. The highest BCUT2D eigenvalue weighted by Gasteiger charge is 2.27. The molecule has 3 heterocycles. The van der Waals surface area contributed by atoms with Crippen molar-refractivity contribution < 1.29 is 0 Å². The summed E-state index contributed by atoms with van der Waals surface area (Å²) >= 11 is 0. The molecule has 0 bridgehead atoms. The molecule has 0 aliphatic carbocycles. The molecule has 3 rings (SSSR count). The van der Waals surface area contributed by atoms with Gasteiger partial charge in [-0.25, -0.2) is 4.98 Å². The molecular formula is C14H23N5. The van der Waals surface area contributed by atoms with Crippen LogP contribution in [0.4, 0.5) is 11.8 Å². The van der Waals surface area contributed by atoms with E-state index in [1.165, 1.54) is 43.4 Å². The molecule has 0 amide bonds. The van der Waals surface area contributed by atoms with E-state index in [9.17, 15) is 0 Å². The maximum atomic E-state index is 5.91. The van der Waals surface area contributed by atoms with Crippen LogP contribution in [-0.4, -0.2) is 35.0 Å². The number of likely N-dealkylation sites (tertiary alicyclic amines) is 1. The van der Waals surface area contributed by atoms with Crippen molar-refractivity contribution in [3.63, 3.8) is 0 Å². The van der Waals surface area contributed by atoms with Crippen molar-refractivity contribution in [2.24, 2.45) is 0 Å². The Hall–Kier alpha value is -1.36. The molecule has 3 N–H and O–H groups in total. The lowest BCUT2D eigenvalue weighted by atomic mass is 9.95. The predicted octanol–water partition coefficient (Wildman–Crippen LogP) is 1.96. The quantitative estimate of drug-likeness (QED) is 0.809. The zero-order valence-electron chi connectivity index (χ0n) is 11.7. The number of aromatic nitrogens is 2. The Balaban J connectivity index is 2.01. The lowest BCUT2D eigenvalue weighted by molar-refractivity contribution is 0.182. The lowest BCUT2D eigenvalue weighted by Crippen LogP contribution is -2.31. The van der Waals surface area contributed by atoms with Crippen LogP contribution in [0.5, 0.6) is 0 Å². The molecule has 1 aromatic heterocycles. The van der Waals surface area contributed by atoms with Gasteiger partial charge in [-0.1, -0.05) is 6.42 Å². The van der Waals surface area contributed by atoms with Gasteiger partial charge in [0.25, 0.3) is 0 Å². The van der Waals surface area contributed by atoms with Crippen LogP contribution in [0.1, 0.15) is 49.4 Å². The molecule has 1 atom stereocenters. The second-order valence-electron chi connectivity index (χ2n) is 5.67. The maximum Gasteiger partial charge on any atom is 0.222 e. The van der Waals surface area contributed by atoms with Crippen LogP contribution in [-0.2, 0) is 6.42 Å². The van der Waals surface area contributed by atoms with Gasteiger partial charge in [-0.15, -0.1) is 0 Å². The molecule has 0 radical (unpaired) electrons. The van der Waals surface area contributed by atoms with Gasteiger partial charge in [0.1, 0.15) is 5.82 Å². The van der Waals surface area contributed by atoms with Gasteiger partial charge in [-0.05, 0) is 45.7 Å². The first kappa shape index (κ1) is 12.7. The number of rotatable bonds is 1. The van der Waals surface area contributed by atoms with Crippen LogP contribution in [0.15, 0.2) is 0 Å². The first-order valence-corrected chi connectivity index (χ1v) is 7.36. The summed E-state index contributed by atoms with van der Waals surface area (Å²) in [6, 6.07) is 0.410. The van der Waals surface area contributed by atoms with Crippen molar-refractivity contribution in [2.45, 2.75) is 44.6 Å². The summed E-state index contributed by atoms with van der Waals surface area (Å²) < 4.78 is 0. The second-order valence-corrected chi connectivity index (χ2v) is 5.67. The summed E-state index contributed by atoms with van der Waals surface area (Å²) in [5, 5.41) is 3.41. The lowest BCUT2D eigenvalue weighted by Gasteiger charge is -2.33. The van der Waals surface area contributed by atoms with Crippen molar-refractivity contribution in [3.8, 4) is 0 Å². The Bertz CT molecular complexity index is 459. The van der Waals surface area contributed by atoms with Gasteiger partial charge in [0.05, 0.1) is 11.7 Å². The monoisotopic (exact) mass is 261 g/mol. The molecule has 1 unspecified atom stereocenters. The van der Waals surface area contributed by atoms with Gasteiger partial charge in [-0.2, -0.15) is 4.98 Å². The number of hydrogen-bond donors (Lipinski definition) is 2. The van der Waals surface area contributed by atoms with Crippen LogP contribution < -0.4 is 11.1 Å². The summed E-state index contributed by atoms with van der Waals surface area (Å²) in [7, 11) is 2.19. The minimum Gasteiger partial charge on any atom is -0.370 e. The highest BCUT2D eigenvalue weighted by Crippen LogP contribution is 2.34. The molecule has 5 heteroatoms. The number of nitrogen functional groups attached to an aromatic ring is 1. The zero-order chi connectivity index (χ0) is 13.2. The number of piperidine rings is 1. The van der Waals surface area contributed by atoms with Crippen LogP contribution in [0.2, 0.25) is 0 Å². The van der Waals surface area contributed by atoms with E-state index >= 15 is 0 Å². The molecule has 1 saturated heterocycles. The minimum atomic E-state index is 0.405. The Morgan fingerprint density at radius 1 is 1.21 bits per heavy atom. The Morgan fingerprint density at radius 2 is 2.11 bits per heavy atom. The molecule has 1 fully saturated rings. The molecule has 2 aliphatic heterocycles. The van der Waals surface area contributed by atoms with E-state index in [1.54, 1.807) is 0 Å². The molecule has 0 aromatic carbocycles. The Kier molecular flexibility index (Phi) is 3.55. The van der Waals surface area contributed by atoms with Gasteiger partial charge in [-0.3, -0.25) is 4.90 Å². The molecule has 19 heavy (non-hydrogen) atoms. The van der Waals surface area contributed by atoms with E-state index in [2.05, 4.69) is 27.2 Å². The SMILES string of the molecule is CN1CCCCC1c1nc(N)nc2c1CCCCN2. The van der Waals surface area contributed by atoms with Crippen LogP contribution in [0.25, 0.3) is 0 Å². The van der Waals surface area contributed by atoms with Crippen molar-refractivity contribution in [2.75, 3.05) is 31.2 Å². The fraction of sp³-hybridized carbons (Fsp3) is 0.714. The van der Waals surface area contributed by atoms with E-state index in [4.69, 9.17) is 5.73 Å². The minimum absolute atomic E-state index is 0.405. The summed E-state index contributed by atoms with van der Waals surface area (Å²) in [5.41, 5.74) is 8.37. The van der Waals surface area contributed by atoms with Gasteiger partial charge < -0.3 is 11.1 Å². The molecule has 2 aliphatic rings. The third-order valence-electron chi connectivity index (χ3n) is 4.29. The molecule has 0 saturated carbocycles. The first-order valence-electron chi connectivity index (χ1n) is 7.36. The molecule has 0 spiro atoms. The summed E-state index contributed by atoms with van der Waals surface area (Å²) in [4.78, 5) is 11.4. The molecule has 104 valence electrons. The van der Waals surface area contributed by atoms with E-state index in [1.807, 2.05) is 0 Å². The number of nitrogens with two attached hydrogens (primary N) is 1. The van der Waals surface area contributed by atoms with Crippen LogP contribution in [0, 0.1) is 0 Å². The summed E-state index contributed by atoms with van der Waals surface area (Å²) in [6.45, 7) is 2.14. The van der Waals surface area contributed by atoms with E-state index in [0.717, 1.165) is 25.3 Å². The molecule has 1 aromatic rings. The van der Waals surface area contributed by atoms with Gasteiger partial charge >= 0.3 is 0 Å². The maximum absolute atomic E-state index is 5.91. The van der Waals surface area contributed by atoms with Gasteiger partial charge in [0, 0.05) is 12.1 Å². The smallest absolute Gasteiger partial charge is 0.222 e. The number of nitrogens with one attached hydrogen (secondary N) is 1. The summed E-state index contributed by atoms with van der Waals surface area (Å²) in [5.74, 6) is 1.38. The third-order valence-corrected chi connectivity index (χ3v) is 4.29. The molecule has 5 nitrogen and oxygen atoms in total. The fourth-order valence-corrected chi connectivity index (χ4v) is 3.24. The highest BCUT2D eigenvalue weighted by atomic mass is 15.2. The average molecular weight is 261 g/mol. The van der Waals surface area contributed by atoms with Crippen molar-refractivity contribution in [1.82, 2.24) is 14.9 Å².